The Morgan fingerprint density at radius 1 is 0.906 bits per heavy atom. The van der Waals surface area contributed by atoms with Crippen molar-refractivity contribution in [3.05, 3.63) is 102 Å². The zero-order valence-electron chi connectivity index (χ0n) is 17.6. The molecule has 3 aromatic rings. The van der Waals surface area contributed by atoms with Crippen molar-refractivity contribution >= 4 is 18.0 Å². The molecule has 0 saturated carbocycles. The molecule has 3 aromatic carbocycles. The standard InChI is InChI=1S/C27H25NO4/c28-24(16-8-11-18-9-2-1-3-10-18)25(26(29)30)27(31)32-17-23-21-14-6-4-12-19(21)20-13-5-7-15-22(20)23/h1-15,23-25H,16-17,28H2,(H,29,30). The summed E-state index contributed by atoms with van der Waals surface area (Å²) in [6.07, 6.45) is 3.89. The highest BCUT2D eigenvalue weighted by Crippen LogP contribution is 2.44. The highest BCUT2D eigenvalue weighted by atomic mass is 16.5. The van der Waals surface area contributed by atoms with Gasteiger partial charge in [-0.15, -0.1) is 0 Å². The van der Waals surface area contributed by atoms with Crippen LogP contribution in [0.5, 0.6) is 0 Å². The fourth-order valence-corrected chi connectivity index (χ4v) is 4.21. The topological polar surface area (TPSA) is 89.6 Å². The summed E-state index contributed by atoms with van der Waals surface area (Å²) in [5.41, 5.74) is 11.4. The molecule has 0 saturated heterocycles. The van der Waals surface area contributed by atoms with Crippen molar-refractivity contribution in [3.63, 3.8) is 0 Å². The summed E-state index contributed by atoms with van der Waals surface area (Å²) in [6, 6.07) is 24.7. The van der Waals surface area contributed by atoms with Crippen LogP contribution >= 0.6 is 0 Å². The van der Waals surface area contributed by atoms with Crippen LogP contribution in [0.25, 0.3) is 17.2 Å². The van der Waals surface area contributed by atoms with Crippen LogP contribution in [0, 0.1) is 5.92 Å². The summed E-state index contributed by atoms with van der Waals surface area (Å²) in [5, 5.41) is 9.63. The van der Waals surface area contributed by atoms with Crippen molar-refractivity contribution in [2.45, 2.75) is 18.4 Å². The first-order valence-corrected chi connectivity index (χ1v) is 10.6. The molecular weight excluding hydrogens is 402 g/mol. The second-order valence-corrected chi connectivity index (χ2v) is 7.89. The summed E-state index contributed by atoms with van der Waals surface area (Å²) in [6.45, 7) is 0.0726. The monoisotopic (exact) mass is 427 g/mol. The van der Waals surface area contributed by atoms with Gasteiger partial charge in [-0.25, -0.2) is 0 Å². The van der Waals surface area contributed by atoms with Crippen LogP contribution in [0.2, 0.25) is 0 Å². The maximum absolute atomic E-state index is 12.7. The lowest BCUT2D eigenvalue weighted by molar-refractivity contribution is -0.159. The molecule has 5 heteroatoms. The molecule has 1 aliphatic rings. The second kappa shape index (κ2) is 9.62. The molecule has 0 aliphatic heterocycles. The Morgan fingerprint density at radius 3 is 2.06 bits per heavy atom. The second-order valence-electron chi connectivity index (χ2n) is 7.89. The average molecular weight is 428 g/mol. The molecule has 0 radical (unpaired) electrons. The number of benzene rings is 3. The maximum Gasteiger partial charge on any atom is 0.321 e. The fourth-order valence-electron chi connectivity index (χ4n) is 4.21. The third kappa shape index (κ3) is 4.48. The lowest BCUT2D eigenvalue weighted by Gasteiger charge is -2.20. The molecular formula is C27H25NO4. The van der Waals surface area contributed by atoms with Crippen LogP contribution in [-0.4, -0.2) is 29.7 Å². The first-order chi connectivity index (χ1) is 15.6. The molecule has 0 amide bonds. The van der Waals surface area contributed by atoms with Crippen LogP contribution in [-0.2, 0) is 14.3 Å². The van der Waals surface area contributed by atoms with Crippen LogP contribution in [0.3, 0.4) is 0 Å². The van der Waals surface area contributed by atoms with Crippen molar-refractivity contribution in [3.8, 4) is 11.1 Å². The Hall–Kier alpha value is -3.70. The Morgan fingerprint density at radius 2 is 1.47 bits per heavy atom. The number of fused-ring (bicyclic) bond motifs is 3. The van der Waals surface area contributed by atoms with Gasteiger partial charge in [0.2, 0.25) is 0 Å². The predicted molar refractivity (Wildman–Crippen MR) is 124 cm³/mol. The van der Waals surface area contributed by atoms with Gasteiger partial charge in [0.1, 0.15) is 6.61 Å². The Balaban J connectivity index is 1.44. The van der Waals surface area contributed by atoms with Gasteiger partial charge < -0.3 is 15.6 Å². The fraction of sp³-hybridized carbons (Fsp3) is 0.185. The number of hydrogen-bond donors (Lipinski definition) is 2. The molecule has 4 rings (SSSR count). The van der Waals surface area contributed by atoms with Crippen molar-refractivity contribution in [1.29, 1.82) is 0 Å². The Kier molecular flexibility index (Phi) is 6.47. The Bertz CT molecular complexity index is 1090. The highest BCUT2D eigenvalue weighted by Gasteiger charge is 2.35. The normalized spacial score (nSPS) is 14.5. The molecule has 2 unspecified atom stereocenters. The molecule has 3 N–H and O–H groups in total. The molecule has 0 fully saturated rings. The SMILES string of the molecule is NC(CC=Cc1ccccc1)C(C(=O)O)C(=O)OCC1c2ccccc2-c2ccccc21. The number of ether oxygens (including phenoxy) is 1. The number of carboxylic acid groups (broad SMARTS) is 1. The van der Waals surface area contributed by atoms with E-state index in [1.807, 2.05) is 84.9 Å². The van der Waals surface area contributed by atoms with Gasteiger partial charge in [-0.05, 0) is 34.2 Å². The number of rotatable bonds is 8. The summed E-state index contributed by atoms with van der Waals surface area (Å²) < 4.78 is 5.53. The van der Waals surface area contributed by atoms with E-state index in [9.17, 15) is 14.7 Å². The zero-order chi connectivity index (χ0) is 22.5. The molecule has 2 atom stereocenters. The third-order valence-electron chi connectivity index (χ3n) is 5.82. The van der Waals surface area contributed by atoms with E-state index < -0.39 is 23.9 Å². The van der Waals surface area contributed by atoms with E-state index >= 15 is 0 Å². The highest BCUT2D eigenvalue weighted by molar-refractivity contribution is 5.95. The van der Waals surface area contributed by atoms with Crippen molar-refractivity contribution < 1.29 is 19.4 Å². The van der Waals surface area contributed by atoms with Gasteiger partial charge in [0.25, 0.3) is 0 Å². The van der Waals surface area contributed by atoms with E-state index in [-0.39, 0.29) is 18.9 Å². The minimum absolute atomic E-state index is 0.0726. The van der Waals surface area contributed by atoms with Crippen molar-refractivity contribution in [2.75, 3.05) is 6.61 Å². The van der Waals surface area contributed by atoms with Gasteiger partial charge in [-0.1, -0.05) is 91.0 Å². The molecule has 1 aliphatic carbocycles. The number of nitrogens with two attached hydrogens (primary N) is 1. The van der Waals surface area contributed by atoms with E-state index in [1.54, 1.807) is 6.08 Å². The smallest absolute Gasteiger partial charge is 0.321 e. The van der Waals surface area contributed by atoms with E-state index in [0.29, 0.717) is 0 Å². The first-order valence-electron chi connectivity index (χ1n) is 10.6. The zero-order valence-corrected chi connectivity index (χ0v) is 17.6. The first kappa shape index (κ1) is 21.5. The van der Waals surface area contributed by atoms with Gasteiger partial charge in [-0.3, -0.25) is 9.59 Å². The molecule has 0 spiro atoms. The van der Waals surface area contributed by atoms with Crippen LogP contribution < -0.4 is 5.73 Å². The number of esters is 1. The third-order valence-corrected chi connectivity index (χ3v) is 5.82. The maximum atomic E-state index is 12.7. The van der Waals surface area contributed by atoms with Crippen molar-refractivity contribution in [2.24, 2.45) is 11.7 Å². The average Bonchev–Trinajstić information content (AvgIpc) is 3.12. The van der Waals surface area contributed by atoms with Crippen LogP contribution in [0.1, 0.15) is 29.0 Å². The number of carbonyl (C=O) groups is 2. The summed E-state index contributed by atoms with van der Waals surface area (Å²) in [7, 11) is 0. The molecule has 0 bridgehead atoms. The van der Waals surface area contributed by atoms with Gasteiger partial charge in [-0.2, -0.15) is 0 Å². The van der Waals surface area contributed by atoms with E-state index in [1.165, 1.54) is 0 Å². The van der Waals surface area contributed by atoms with E-state index in [0.717, 1.165) is 27.8 Å². The number of aliphatic carboxylic acids is 1. The summed E-state index contributed by atoms with van der Waals surface area (Å²) >= 11 is 0. The van der Waals surface area contributed by atoms with E-state index in [4.69, 9.17) is 10.5 Å². The Labute approximate surface area is 187 Å². The predicted octanol–water partition coefficient (Wildman–Crippen LogP) is 4.47. The molecule has 0 heterocycles. The minimum atomic E-state index is -1.43. The molecule has 5 nitrogen and oxygen atoms in total. The number of carboxylic acids is 1. The minimum Gasteiger partial charge on any atom is -0.481 e. The summed E-state index contributed by atoms with van der Waals surface area (Å²) in [4.78, 5) is 24.5. The summed E-state index contributed by atoms with van der Waals surface area (Å²) in [5.74, 6) is -3.64. The van der Waals surface area contributed by atoms with E-state index in [2.05, 4.69) is 0 Å². The van der Waals surface area contributed by atoms with Crippen molar-refractivity contribution in [1.82, 2.24) is 0 Å². The number of hydrogen-bond acceptors (Lipinski definition) is 4. The van der Waals surface area contributed by atoms with Gasteiger partial charge >= 0.3 is 11.9 Å². The lowest BCUT2D eigenvalue weighted by Crippen LogP contribution is -2.41. The van der Waals surface area contributed by atoms with Gasteiger partial charge in [0.15, 0.2) is 5.92 Å². The van der Waals surface area contributed by atoms with Crippen LogP contribution in [0.15, 0.2) is 84.9 Å². The molecule has 162 valence electrons. The lowest BCUT2D eigenvalue weighted by atomic mass is 9.96. The number of carbonyl (C=O) groups excluding carboxylic acids is 1. The molecule has 0 aromatic heterocycles. The van der Waals surface area contributed by atoms with Gasteiger partial charge in [0, 0.05) is 12.0 Å². The van der Waals surface area contributed by atoms with Gasteiger partial charge in [0.05, 0.1) is 0 Å². The molecule has 32 heavy (non-hydrogen) atoms. The largest absolute Gasteiger partial charge is 0.481 e. The van der Waals surface area contributed by atoms with Crippen LogP contribution in [0.4, 0.5) is 0 Å². The quantitative estimate of drug-likeness (QED) is 0.409.